The summed E-state index contributed by atoms with van der Waals surface area (Å²) in [6.07, 6.45) is 18.8. The van der Waals surface area contributed by atoms with Gasteiger partial charge in [0.05, 0.1) is 0 Å². The van der Waals surface area contributed by atoms with Gasteiger partial charge in [0.25, 0.3) is 0 Å². The maximum atomic E-state index is 15.3. The van der Waals surface area contributed by atoms with Crippen LogP contribution in [0.1, 0.15) is 131 Å². The molecule has 1 atom stereocenters. The summed E-state index contributed by atoms with van der Waals surface area (Å²) < 4.78 is 29.6. The fourth-order valence-corrected chi connectivity index (χ4v) is 7.79. The van der Waals surface area contributed by atoms with Crippen molar-refractivity contribution in [2.45, 2.75) is 116 Å². The Morgan fingerprint density at radius 3 is 1.92 bits per heavy atom. The first-order valence-corrected chi connectivity index (χ1v) is 15.3. The molecule has 0 radical (unpaired) electrons. The summed E-state index contributed by atoms with van der Waals surface area (Å²) in [5, 5.41) is 0. The lowest BCUT2D eigenvalue weighted by Crippen LogP contribution is -2.22. The first-order valence-electron chi connectivity index (χ1n) is 15.3. The molecule has 0 bridgehead atoms. The minimum Gasteiger partial charge on any atom is -0.207 e. The zero-order chi connectivity index (χ0) is 25.8. The van der Waals surface area contributed by atoms with Crippen LogP contribution in [0.4, 0.5) is 8.78 Å². The molecule has 3 aliphatic carbocycles. The number of benzene rings is 2. The summed E-state index contributed by atoms with van der Waals surface area (Å²) in [5.41, 5.74) is 5.27. The summed E-state index contributed by atoms with van der Waals surface area (Å²) >= 11 is 0. The van der Waals surface area contributed by atoms with Crippen LogP contribution in [0.2, 0.25) is 0 Å². The molecular formula is C35H46F2. The normalized spacial score (nSPS) is 28.6. The molecule has 0 N–H and O–H groups in total. The summed E-state index contributed by atoms with van der Waals surface area (Å²) in [7, 11) is 0. The second-order valence-electron chi connectivity index (χ2n) is 12.3. The number of rotatable bonds is 7. The van der Waals surface area contributed by atoms with E-state index in [9.17, 15) is 4.39 Å². The Balaban J connectivity index is 1.14. The molecule has 0 heterocycles. The predicted molar refractivity (Wildman–Crippen MR) is 152 cm³/mol. The largest absolute Gasteiger partial charge is 0.207 e. The maximum absolute atomic E-state index is 15.3. The monoisotopic (exact) mass is 504 g/mol. The van der Waals surface area contributed by atoms with Crippen molar-refractivity contribution in [1.82, 2.24) is 0 Å². The summed E-state index contributed by atoms with van der Waals surface area (Å²) in [6.45, 7) is 4.29. The smallest absolute Gasteiger partial charge is 0.130 e. The van der Waals surface area contributed by atoms with E-state index in [0.717, 1.165) is 42.2 Å². The zero-order valence-electron chi connectivity index (χ0n) is 23.1. The lowest BCUT2D eigenvalue weighted by Gasteiger charge is -2.36. The molecule has 2 aromatic carbocycles. The highest BCUT2D eigenvalue weighted by atomic mass is 19.1. The minimum atomic E-state index is -0.0355. The summed E-state index contributed by atoms with van der Waals surface area (Å²) in [5.74, 6) is 3.34. The molecule has 2 aromatic rings. The van der Waals surface area contributed by atoms with Gasteiger partial charge in [0.15, 0.2) is 0 Å². The van der Waals surface area contributed by atoms with Crippen LogP contribution in [-0.2, 0) is 6.42 Å². The van der Waals surface area contributed by atoms with Crippen molar-refractivity contribution in [1.29, 1.82) is 0 Å². The number of halogens is 2. The molecule has 1 unspecified atom stereocenters. The minimum absolute atomic E-state index is 0.0142. The van der Waals surface area contributed by atoms with Crippen molar-refractivity contribution in [3.8, 4) is 0 Å². The zero-order valence-corrected chi connectivity index (χ0v) is 23.1. The van der Waals surface area contributed by atoms with Gasteiger partial charge >= 0.3 is 0 Å². The third-order valence-corrected chi connectivity index (χ3v) is 10.2. The molecule has 2 fully saturated rings. The Kier molecular flexibility index (Phi) is 8.83. The van der Waals surface area contributed by atoms with E-state index in [4.69, 9.17) is 0 Å². The lowest BCUT2D eigenvalue weighted by atomic mass is 9.70. The van der Waals surface area contributed by atoms with E-state index in [1.54, 1.807) is 6.07 Å². The molecule has 0 spiro atoms. The van der Waals surface area contributed by atoms with Crippen LogP contribution in [0.3, 0.4) is 0 Å². The van der Waals surface area contributed by atoms with E-state index >= 15 is 4.39 Å². The second kappa shape index (κ2) is 12.3. The van der Waals surface area contributed by atoms with E-state index < -0.39 is 0 Å². The van der Waals surface area contributed by atoms with Crippen LogP contribution in [0.25, 0.3) is 5.57 Å². The van der Waals surface area contributed by atoms with E-state index in [1.807, 2.05) is 19.1 Å². The van der Waals surface area contributed by atoms with Crippen LogP contribution in [0.5, 0.6) is 0 Å². The van der Waals surface area contributed by atoms with Gasteiger partial charge in [0.1, 0.15) is 11.6 Å². The van der Waals surface area contributed by atoms with Gasteiger partial charge in [-0.1, -0.05) is 57.0 Å². The fraction of sp³-hybridized carbons (Fsp3) is 0.600. The summed E-state index contributed by atoms with van der Waals surface area (Å²) in [4.78, 5) is 0. The van der Waals surface area contributed by atoms with E-state index in [-0.39, 0.29) is 11.6 Å². The molecule has 2 heteroatoms. The summed E-state index contributed by atoms with van der Waals surface area (Å²) in [6, 6.07) is 12.1. The van der Waals surface area contributed by atoms with E-state index in [0.29, 0.717) is 17.8 Å². The molecule has 0 amide bonds. The highest BCUT2D eigenvalue weighted by molar-refractivity contribution is 5.67. The molecule has 2 saturated carbocycles. The first-order chi connectivity index (χ1) is 18.1. The average Bonchev–Trinajstić information content (AvgIpc) is 2.94. The van der Waals surface area contributed by atoms with Crippen molar-refractivity contribution in [2.75, 3.05) is 0 Å². The lowest BCUT2D eigenvalue weighted by molar-refractivity contribution is 0.220. The maximum Gasteiger partial charge on any atom is 0.130 e. The van der Waals surface area contributed by atoms with Gasteiger partial charge in [0, 0.05) is 5.56 Å². The topological polar surface area (TPSA) is 0 Å². The average molecular weight is 505 g/mol. The van der Waals surface area contributed by atoms with Crippen molar-refractivity contribution in [3.05, 3.63) is 76.4 Å². The van der Waals surface area contributed by atoms with E-state index in [2.05, 4.69) is 31.2 Å². The van der Waals surface area contributed by atoms with E-state index in [1.165, 1.54) is 87.3 Å². The molecule has 0 nitrogen and oxygen atoms in total. The number of hydrogen-bond acceptors (Lipinski definition) is 0. The van der Waals surface area contributed by atoms with Crippen LogP contribution < -0.4 is 0 Å². The Morgan fingerprint density at radius 2 is 1.35 bits per heavy atom. The van der Waals surface area contributed by atoms with Crippen LogP contribution >= 0.6 is 0 Å². The molecular weight excluding hydrogens is 458 g/mol. The molecule has 0 aliphatic heterocycles. The molecule has 5 rings (SSSR count). The highest BCUT2D eigenvalue weighted by Crippen LogP contribution is 2.44. The highest BCUT2D eigenvalue weighted by Gasteiger charge is 2.30. The second-order valence-corrected chi connectivity index (χ2v) is 12.3. The van der Waals surface area contributed by atoms with Gasteiger partial charge in [-0.05, 0) is 141 Å². The Hall–Kier alpha value is -1.96. The third kappa shape index (κ3) is 6.21. The SMILES string of the molecule is CCCC1CCC(c2ccc(C3=CCC(C4CCC(c5ccc(CC)c(F)c5)CC4)CC3)c(F)c2)CC1. The number of allylic oxidation sites excluding steroid dienone is 2. The Morgan fingerprint density at radius 1 is 0.703 bits per heavy atom. The van der Waals surface area contributed by atoms with Crippen molar-refractivity contribution in [3.63, 3.8) is 0 Å². The molecule has 3 aliphatic rings. The Bertz CT molecular complexity index is 1070. The standard InChI is InChI=1S/C35H46F2/c1-3-5-24-6-8-28(9-7-24)32-20-21-33(35(37)23-32)30-17-15-27(16-18-30)26-11-13-29(14-12-26)31-19-10-25(4-2)34(36)22-31/h10,17,19-24,26-29H,3-9,11-16,18H2,1-2H3. The van der Waals surface area contributed by atoms with Gasteiger partial charge in [-0.2, -0.15) is 0 Å². The third-order valence-electron chi connectivity index (χ3n) is 10.2. The Labute approximate surface area is 224 Å². The van der Waals surface area contributed by atoms with Gasteiger partial charge in [0.2, 0.25) is 0 Å². The van der Waals surface area contributed by atoms with Gasteiger partial charge in [-0.25, -0.2) is 8.78 Å². The molecule has 37 heavy (non-hydrogen) atoms. The predicted octanol–water partition coefficient (Wildman–Crippen LogP) is 10.8. The fourth-order valence-electron chi connectivity index (χ4n) is 7.79. The quantitative estimate of drug-likeness (QED) is 0.352. The van der Waals surface area contributed by atoms with Crippen LogP contribution in [-0.4, -0.2) is 0 Å². The molecule has 0 saturated heterocycles. The van der Waals surface area contributed by atoms with Gasteiger partial charge < -0.3 is 0 Å². The number of aryl methyl sites for hydroxylation is 1. The van der Waals surface area contributed by atoms with Gasteiger partial charge in [-0.15, -0.1) is 0 Å². The number of hydrogen-bond donors (Lipinski definition) is 0. The van der Waals surface area contributed by atoms with Crippen molar-refractivity contribution < 1.29 is 8.78 Å². The van der Waals surface area contributed by atoms with Crippen molar-refractivity contribution >= 4 is 5.57 Å². The first kappa shape index (κ1) is 26.6. The van der Waals surface area contributed by atoms with Crippen LogP contribution in [0, 0.1) is 29.4 Å². The van der Waals surface area contributed by atoms with Crippen LogP contribution in [0.15, 0.2) is 42.5 Å². The molecule has 200 valence electrons. The van der Waals surface area contributed by atoms with Crippen molar-refractivity contribution in [2.24, 2.45) is 17.8 Å². The molecule has 0 aromatic heterocycles. The van der Waals surface area contributed by atoms with Gasteiger partial charge in [-0.3, -0.25) is 0 Å².